The SMILES string of the molecule is Cc1cc(Cl)ccc1O[C@H]1CCCC[C@@H]1O. The van der Waals surface area contributed by atoms with E-state index in [2.05, 4.69) is 0 Å². The Morgan fingerprint density at radius 2 is 2.06 bits per heavy atom. The van der Waals surface area contributed by atoms with Gasteiger partial charge in [-0.2, -0.15) is 0 Å². The van der Waals surface area contributed by atoms with Crippen molar-refractivity contribution in [2.24, 2.45) is 0 Å². The minimum absolute atomic E-state index is 0.0615. The van der Waals surface area contributed by atoms with Crippen molar-refractivity contribution in [3.63, 3.8) is 0 Å². The van der Waals surface area contributed by atoms with Crippen molar-refractivity contribution in [1.29, 1.82) is 0 Å². The summed E-state index contributed by atoms with van der Waals surface area (Å²) in [6.07, 6.45) is 3.62. The molecular formula is C13H17ClO2. The highest BCUT2D eigenvalue weighted by molar-refractivity contribution is 6.30. The largest absolute Gasteiger partial charge is 0.487 e. The van der Waals surface area contributed by atoms with E-state index in [0.717, 1.165) is 37.0 Å². The Labute approximate surface area is 101 Å². The van der Waals surface area contributed by atoms with Crippen molar-refractivity contribution in [3.05, 3.63) is 28.8 Å². The van der Waals surface area contributed by atoms with Gasteiger partial charge >= 0.3 is 0 Å². The molecule has 1 aromatic rings. The van der Waals surface area contributed by atoms with Gasteiger partial charge in [-0.05, 0) is 49.9 Å². The molecule has 0 unspecified atom stereocenters. The zero-order valence-corrected chi connectivity index (χ0v) is 10.2. The first-order valence-corrected chi connectivity index (χ1v) is 6.15. The lowest BCUT2D eigenvalue weighted by molar-refractivity contribution is 0.00654. The molecule has 1 N–H and O–H groups in total. The predicted octanol–water partition coefficient (Wildman–Crippen LogP) is 3.33. The van der Waals surface area contributed by atoms with E-state index >= 15 is 0 Å². The summed E-state index contributed by atoms with van der Waals surface area (Å²) in [6.45, 7) is 1.97. The van der Waals surface area contributed by atoms with Crippen LogP contribution in [0.3, 0.4) is 0 Å². The maximum absolute atomic E-state index is 9.82. The first kappa shape index (κ1) is 11.7. The Hall–Kier alpha value is -0.730. The molecular weight excluding hydrogens is 224 g/mol. The van der Waals surface area contributed by atoms with Crippen LogP contribution >= 0.6 is 11.6 Å². The molecule has 0 bridgehead atoms. The van der Waals surface area contributed by atoms with E-state index in [1.807, 2.05) is 25.1 Å². The van der Waals surface area contributed by atoms with Crippen LogP contribution in [0.4, 0.5) is 0 Å². The van der Waals surface area contributed by atoms with E-state index < -0.39 is 0 Å². The van der Waals surface area contributed by atoms with Crippen molar-refractivity contribution >= 4 is 11.6 Å². The minimum Gasteiger partial charge on any atom is -0.487 e. The van der Waals surface area contributed by atoms with E-state index in [1.165, 1.54) is 0 Å². The summed E-state index contributed by atoms with van der Waals surface area (Å²) in [5.41, 5.74) is 1.02. The van der Waals surface area contributed by atoms with Crippen LogP contribution in [-0.4, -0.2) is 17.3 Å². The molecule has 0 spiro atoms. The summed E-state index contributed by atoms with van der Waals surface area (Å²) in [5.74, 6) is 0.829. The van der Waals surface area contributed by atoms with E-state index in [-0.39, 0.29) is 12.2 Å². The molecule has 2 nitrogen and oxygen atoms in total. The number of aliphatic hydroxyl groups is 1. The van der Waals surface area contributed by atoms with Crippen LogP contribution in [-0.2, 0) is 0 Å². The van der Waals surface area contributed by atoms with Crippen LogP contribution in [0, 0.1) is 6.92 Å². The van der Waals surface area contributed by atoms with Gasteiger partial charge in [0.05, 0.1) is 6.10 Å². The van der Waals surface area contributed by atoms with Crippen molar-refractivity contribution in [1.82, 2.24) is 0 Å². The Morgan fingerprint density at radius 3 is 2.75 bits per heavy atom. The first-order valence-electron chi connectivity index (χ1n) is 5.77. The molecule has 88 valence electrons. The Bertz CT molecular complexity index is 365. The van der Waals surface area contributed by atoms with Crippen LogP contribution in [0.2, 0.25) is 5.02 Å². The van der Waals surface area contributed by atoms with Gasteiger partial charge in [0.2, 0.25) is 0 Å². The fourth-order valence-electron chi connectivity index (χ4n) is 2.12. The maximum Gasteiger partial charge on any atom is 0.124 e. The average Bonchev–Trinajstić information content (AvgIpc) is 2.25. The van der Waals surface area contributed by atoms with Gasteiger partial charge < -0.3 is 9.84 Å². The summed E-state index contributed by atoms with van der Waals surface area (Å²) in [7, 11) is 0. The Kier molecular flexibility index (Phi) is 3.72. The van der Waals surface area contributed by atoms with Crippen molar-refractivity contribution in [2.45, 2.75) is 44.8 Å². The van der Waals surface area contributed by atoms with Crippen molar-refractivity contribution in [2.75, 3.05) is 0 Å². The van der Waals surface area contributed by atoms with Gasteiger partial charge in [-0.15, -0.1) is 0 Å². The van der Waals surface area contributed by atoms with E-state index in [0.29, 0.717) is 5.02 Å². The highest BCUT2D eigenvalue weighted by Gasteiger charge is 2.24. The van der Waals surface area contributed by atoms with Gasteiger partial charge in [0, 0.05) is 5.02 Å². The molecule has 0 radical (unpaired) electrons. The number of aliphatic hydroxyl groups excluding tert-OH is 1. The third kappa shape index (κ3) is 2.69. The lowest BCUT2D eigenvalue weighted by Gasteiger charge is -2.28. The van der Waals surface area contributed by atoms with Crippen molar-refractivity contribution < 1.29 is 9.84 Å². The zero-order chi connectivity index (χ0) is 11.5. The molecule has 0 heterocycles. The topological polar surface area (TPSA) is 29.5 Å². The van der Waals surface area contributed by atoms with E-state index in [9.17, 15) is 5.11 Å². The van der Waals surface area contributed by atoms with Gasteiger partial charge in [0.15, 0.2) is 0 Å². The average molecular weight is 241 g/mol. The highest BCUT2D eigenvalue weighted by atomic mass is 35.5. The molecule has 0 saturated heterocycles. The number of hydrogen-bond donors (Lipinski definition) is 1. The second-order valence-corrected chi connectivity index (χ2v) is 4.85. The molecule has 16 heavy (non-hydrogen) atoms. The molecule has 0 amide bonds. The lowest BCUT2D eigenvalue weighted by atomic mass is 9.95. The summed E-state index contributed by atoms with van der Waals surface area (Å²) < 4.78 is 5.84. The third-order valence-corrected chi connectivity index (χ3v) is 3.32. The highest BCUT2D eigenvalue weighted by Crippen LogP contribution is 2.27. The van der Waals surface area contributed by atoms with Gasteiger partial charge in [-0.3, -0.25) is 0 Å². The van der Waals surface area contributed by atoms with Gasteiger partial charge in [-0.1, -0.05) is 18.0 Å². The molecule has 2 rings (SSSR count). The van der Waals surface area contributed by atoms with E-state index in [1.54, 1.807) is 0 Å². The fourth-order valence-corrected chi connectivity index (χ4v) is 2.35. The van der Waals surface area contributed by atoms with Gasteiger partial charge in [0.25, 0.3) is 0 Å². The second kappa shape index (κ2) is 5.07. The molecule has 1 aliphatic carbocycles. The maximum atomic E-state index is 9.82. The molecule has 2 atom stereocenters. The molecule has 0 aromatic heterocycles. The first-order chi connectivity index (χ1) is 7.66. The van der Waals surface area contributed by atoms with Crippen LogP contribution in [0.25, 0.3) is 0 Å². The molecule has 1 fully saturated rings. The second-order valence-electron chi connectivity index (χ2n) is 4.42. The minimum atomic E-state index is -0.330. The quantitative estimate of drug-likeness (QED) is 0.859. The van der Waals surface area contributed by atoms with Crippen LogP contribution < -0.4 is 4.74 Å². The van der Waals surface area contributed by atoms with Gasteiger partial charge in [-0.25, -0.2) is 0 Å². The Balaban J connectivity index is 2.07. The van der Waals surface area contributed by atoms with Crippen LogP contribution in [0.5, 0.6) is 5.75 Å². The number of hydrogen-bond acceptors (Lipinski definition) is 2. The zero-order valence-electron chi connectivity index (χ0n) is 9.45. The predicted molar refractivity (Wildman–Crippen MR) is 65.1 cm³/mol. The molecule has 1 saturated carbocycles. The molecule has 1 aromatic carbocycles. The lowest BCUT2D eigenvalue weighted by Crippen LogP contribution is -2.34. The standard InChI is InChI=1S/C13H17ClO2/c1-9-8-10(14)6-7-12(9)16-13-5-3-2-4-11(13)15/h6-8,11,13,15H,2-5H2,1H3/t11-,13-/m0/s1. The number of aryl methyl sites for hydroxylation is 1. The van der Waals surface area contributed by atoms with Crippen LogP contribution in [0.15, 0.2) is 18.2 Å². The number of rotatable bonds is 2. The summed E-state index contributed by atoms with van der Waals surface area (Å²) in [6, 6.07) is 5.57. The number of ether oxygens (including phenoxy) is 1. The number of halogens is 1. The summed E-state index contributed by atoms with van der Waals surface area (Å²) in [4.78, 5) is 0. The Morgan fingerprint density at radius 1 is 1.31 bits per heavy atom. The molecule has 0 aliphatic heterocycles. The summed E-state index contributed by atoms with van der Waals surface area (Å²) >= 11 is 5.88. The van der Waals surface area contributed by atoms with E-state index in [4.69, 9.17) is 16.3 Å². The van der Waals surface area contributed by atoms with Crippen molar-refractivity contribution in [3.8, 4) is 5.75 Å². The summed E-state index contributed by atoms with van der Waals surface area (Å²) in [5, 5.41) is 10.5. The smallest absolute Gasteiger partial charge is 0.124 e. The van der Waals surface area contributed by atoms with Gasteiger partial charge in [0.1, 0.15) is 11.9 Å². The monoisotopic (exact) mass is 240 g/mol. The molecule has 3 heteroatoms. The molecule has 1 aliphatic rings. The third-order valence-electron chi connectivity index (χ3n) is 3.08. The normalized spacial score (nSPS) is 25.4. The fraction of sp³-hybridized carbons (Fsp3) is 0.538. The van der Waals surface area contributed by atoms with Crippen LogP contribution in [0.1, 0.15) is 31.2 Å². The number of benzene rings is 1.